The Balaban J connectivity index is 1.61. The van der Waals surface area contributed by atoms with E-state index in [0.29, 0.717) is 12.0 Å². The van der Waals surface area contributed by atoms with Crippen LogP contribution in [0.4, 0.5) is 0 Å². The summed E-state index contributed by atoms with van der Waals surface area (Å²) in [5, 5.41) is 3.51. The van der Waals surface area contributed by atoms with Gasteiger partial charge in [-0.3, -0.25) is 0 Å². The molecule has 1 aromatic heterocycles. The molecule has 2 saturated carbocycles. The minimum atomic E-state index is -3.48. The molecule has 1 heterocycles. The number of hydrogen-bond acceptors (Lipinski definition) is 4. The van der Waals surface area contributed by atoms with Gasteiger partial charge in [-0.05, 0) is 49.7 Å². The fraction of sp³-hybridized carbons (Fsp3) is 0.667. The molecule has 0 spiro atoms. The molecule has 5 nitrogen and oxygen atoms in total. The molecule has 0 amide bonds. The van der Waals surface area contributed by atoms with Crippen molar-refractivity contribution in [1.82, 2.24) is 15.0 Å². The molecular weight excluding hydrogens is 286 g/mol. The lowest BCUT2D eigenvalue weighted by Gasteiger charge is -2.12. The van der Waals surface area contributed by atoms with Gasteiger partial charge in [0, 0.05) is 24.8 Å². The minimum Gasteiger partial charge on any atom is -0.310 e. The molecule has 2 aliphatic rings. The molecule has 6 heteroatoms. The maximum absolute atomic E-state index is 12.3. The molecule has 0 saturated heterocycles. The van der Waals surface area contributed by atoms with E-state index in [2.05, 4.69) is 21.9 Å². The van der Waals surface area contributed by atoms with Crippen molar-refractivity contribution in [2.45, 2.75) is 62.7 Å². The van der Waals surface area contributed by atoms with E-state index in [1.807, 2.05) is 6.07 Å². The smallest absolute Gasteiger partial charge is 0.258 e. The summed E-state index contributed by atoms with van der Waals surface area (Å²) in [5.41, 5.74) is 1.02. The molecule has 0 aromatic carbocycles. The highest BCUT2D eigenvalue weighted by Gasteiger charge is 2.27. The van der Waals surface area contributed by atoms with E-state index in [0.717, 1.165) is 31.4 Å². The van der Waals surface area contributed by atoms with Crippen LogP contribution in [0, 0.1) is 5.92 Å². The first kappa shape index (κ1) is 14.9. The van der Waals surface area contributed by atoms with Crippen molar-refractivity contribution in [3.8, 4) is 0 Å². The van der Waals surface area contributed by atoms with Crippen LogP contribution >= 0.6 is 0 Å². The minimum absolute atomic E-state index is 0.0583. The Labute approximate surface area is 126 Å². The quantitative estimate of drug-likeness (QED) is 0.840. The molecular formula is C15H23N3O2S. The Morgan fingerprint density at radius 3 is 2.52 bits per heavy atom. The van der Waals surface area contributed by atoms with E-state index in [1.165, 1.54) is 12.8 Å². The Kier molecular flexibility index (Phi) is 4.28. The van der Waals surface area contributed by atoms with Gasteiger partial charge in [0.2, 0.25) is 0 Å². The normalized spacial score (nSPS) is 26.1. The van der Waals surface area contributed by atoms with Crippen molar-refractivity contribution in [3.63, 3.8) is 0 Å². The molecule has 2 fully saturated rings. The average Bonchev–Trinajstić information content (AvgIpc) is 3.20. The number of hydrogen-bond donors (Lipinski definition) is 2. The van der Waals surface area contributed by atoms with Gasteiger partial charge in [0.1, 0.15) is 0 Å². The SMILES string of the molecule is CC1CCC(NS(=O)(=O)c2ccc(CNC3CC3)cn2)C1. The van der Waals surface area contributed by atoms with E-state index >= 15 is 0 Å². The number of sulfonamides is 1. The maximum Gasteiger partial charge on any atom is 0.258 e. The van der Waals surface area contributed by atoms with E-state index in [-0.39, 0.29) is 11.1 Å². The van der Waals surface area contributed by atoms with Crippen LogP contribution in [0.15, 0.2) is 23.4 Å². The summed E-state index contributed by atoms with van der Waals surface area (Å²) in [6.07, 6.45) is 7.06. The number of rotatable bonds is 6. The number of aromatic nitrogens is 1. The lowest BCUT2D eigenvalue weighted by molar-refractivity contribution is 0.535. The van der Waals surface area contributed by atoms with E-state index < -0.39 is 10.0 Å². The van der Waals surface area contributed by atoms with Crippen LogP contribution in [-0.2, 0) is 16.6 Å². The molecule has 0 bridgehead atoms. The third-order valence-corrected chi connectivity index (χ3v) is 5.70. The van der Waals surface area contributed by atoms with Crippen molar-refractivity contribution in [2.75, 3.05) is 0 Å². The van der Waals surface area contributed by atoms with Crippen LogP contribution in [0.5, 0.6) is 0 Å². The monoisotopic (exact) mass is 309 g/mol. The Morgan fingerprint density at radius 2 is 1.95 bits per heavy atom. The van der Waals surface area contributed by atoms with Gasteiger partial charge >= 0.3 is 0 Å². The third-order valence-electron chi connectivity index (χ3n) is 4.26. The van der Waals surface area contributed by atoms with E-state index in [4.69, 9.17) is 0 Å². The highest BCUT2D eigenvalue weighted by Crippen LogP contribution is 2.25. The largest absolute Gasteiger partial charge is 0.310 e. The van der Waals surface area contributed by atoms with Crippen molar-refractivity contribution < 1.29 is 8.42 Å². The molecule has 2 unspecified atom stereocenters. The fourth-order valence-corrected chi connectivity index (χ4v) is 4.03. The van der Waals surface area contributed by atoms with Crippen LogP contribution in [0.2, 0.25) is 0 Å². The summed E-state index contributed by atoms with van der Waals surface area (Å²) in [6, 6.07) is 4.14. The first-order valence-electron chi connectivity index (χ1n) is 7.73. The van der Waals surface area contributed by atoms with Crippen LogP contribution in [0.1, 0.15) is 44.6 Å². The van der Waals surface area contributed by atoms with Gasteiger partial charge in [-0.2, -0.15) is 0 Å². The zero-order chi connectivity index (χ0) is 14.9. The van der Waals surface area contributed by atoms with Crippen molar-refractivity contribution in [1.29, 1.82) is 0 Å². The Bertz CT molecular complexity index is 581. The van der Waals surface area contributed by atoms with Gasteiger partial charge in [-0.1, -0.05) is 13.0 Å². The van der Waals surface area contributed by atoms with Gasteiger partial charge in [-0.15, -0.1) is 0 Å². The summed E-state index contributed by atoms with van der Waals surface area (Å²) in [5.74, 6) is 0.599. The Hall–Kier alpha value is -0.980. The summed E-state index contributed by atoms with van der Waals surface area (Å²) in [6.45, 7) is 2.92. The zero-order valence-electron chi connectivity index (χ0n) is 12.4. The van der Waals surface area contributed by atoms with E-state index in [1.54, 1.807) is 12.3 Å². The average molecular weight is 309 g/mol. The molecule has 2 N–H and O–H groups in total. The summed E-state index contributed by atoms with van der Waals surface area (Å²) < 4.78 is 27.4. The van der Waals surface area contributed by atoms with Crippen molar-refractivity contribution in [3.05, 3.63) is 23.9 Å². The van der Waals surface area contributed by atoms with E-state index in [9.17, 15) is 8.42 Å². The highest BCUT2D eigenvalue weighted by molar-refractivity contribution is 7.89. The maximum atomic E-state index is 12.3. The fourth-order valence-electron chi connectivity index (χ4n) is 2.82. The molecule has 3 rings (SSSR count). The van der Waals surface area contributed by atoms with Crippen LogP contribution in [0.25, 0.3) is 0 Å². The number of nitrogens with one attached hydrogen (secondary N) is 2. The zero-order valence-corrected chi connectivity index (χ0v) is 13.2. The number of nitrogens with zero attached hydrogens (tertiary/aromatic N) is 1. The molecule has 2 aliphatic carbocycles. The summed E-state index contributed by atoms with van der Waals surface area (Å²) >= 11 is 0. The second-order valence-electron chi connectivity index (χ2n) is 6.40. The topological polar surface area (TPSA) is 71.1 Å². The predicted octanol–water partition coefficient (Wildman–Crippen LogP) is 1.80. The second kappa shape index (κ2) is 6.02. The Morgan fingerprint density at radius 1 is 1.19 bits per heavy atom. The van der Waals surface area contributed by atoms with Crippen molar-refractivity contribution >= 4 is 10.0 Å². The summed E-state index contributed by atoms with van der Waals surface area (Å²) in [7, 11) is -3.48. The van der Waals surface area contributed by atoms with Gasteiger partial charge in [-0.25, -0.2) is 18.1 Å². The van der Waals surface area contributed by atoms with Gasteiger partial charge in [0.15, 0.2) is 5.03 Å². The molecule has 116 valence electrons. The van der Waals surface area contributed by atoms with Crippen LogP contribution in [0.3, 0.4) is 0 Å². The van der Waals surface area contributed by atoms with Crippen LogP contribution in [-0.4, -0.2) is 25.5 Å². The number of pyridine rings is 1. The lowest BCUT2D eigenvalue weighted by atomic mass is 10.1. The van der Waals surface area contributed by atoms with Gasteiger partial charge in [0.25, 0.3) is 10.0 Å². The summed E-state index contributed by atoms with van der Waals surface area (Å²) in [4.78, 5) is 4.12. The van der Waals surface area contributed by atoms with Crippen molar-refractivity contribution in [2.24, 2.45) is 5.92 Å². The predicted molar refractivity (Wildman–Crippen MR) is 81.2 cm³/mol. The molecule has 2 atom stereocenters. The van der Waals surface area contributed by atoms with Crippen LogP contribution < -0.4 is 10.0 Å². The molecule has 1 aromatic rings. The lowest BCUT2D eigenvalue weighted by Crippen LogP contribution is -2.33. The molecule has 0 radical (unpaired) electrons. The standard InChI is InChI=1S/C15H23N3O2S/c1-11-2-4-14(8-11)18-21(19,20)15-7-3-12(10-17-15)9-16-13-5-6-13/h3,7,10-11,13-14,16,18H,2,4-6,8-9H2,1H3. The first-order chi connectivity index (χ1) is 10.0. The third kappa shape index (κ3) is 4.02. The molecule has 21 heavy (non-hydrogen) atoms. The second-order valence-corrected chi connectivity index (χ2v) is 8.06. The van der Waals surface area contributed by atoms with Gasteiger partial charge in [0.05, 0.1) is 0 Å². The highest BCUT2D eigenvalue weighted by atomic mass is 32.2. The van der Waals surface area contributed by atoms with Gasteiger partial charge < -0.3 is 5.32 Å². The first-order valence-corrected chi connectivity index (χ1v) is 9.22. The molecule has 0 aliphatic heterocycles.